The van der Waals surface area contributed by atoms with Gasteiger partial charge in [0.1, 0.15) is 5.82 Å². The summed E-state index contributed by atoms with van der Waals surface area (Å²) in [6.07, 6.45) is 8.48. The molecule has 1 aromatic rings. The summed E-state index contributed by atoms with van der Waals surface area (Å²) in [5.41, 5.74) is 8.66. The van der Waals surface area contributed by atoms with E-state index < -0.39 is 0 Å². The summed E-state index contributed by atoms with van der Waals surface area (Å²) >= 11 is 0. The first-order valence-electron chi connectivity index (χ1n) is 8.11. The molecule has 2 rings (SSSR count). The molecule has 1 aliphatic rings. The summed E-state index contributed by atoms with van der Waals surface area (Å²) in [7, 11) is 0. The van der Waals surface area contributed by atoms with Crippen LogP contribution in [0.25, 0.3) is 0 Å². The molecule has 0 amide bonds. The lowest BCUT2D eigenvalue weighted by molar-refractivity contribution is 0.220. The van der Waals surface area contributed by atoms with Crippen LogP contribution in [0.15, 0.2) is 12.3 Å². The predicted octanol–water partition coefficient (Wildman–Crippen LogP) is 3.84. The molecule has 1 aromatic heterocycles. The Bertz CT molecular complexity index is 402. The maximum absolute atomic E-state index is 6.16. The molecular formula is C17H29N3. The Balaban J connectivity index is 2.19. The second kappa shape index (κ2) is 7.07. The van der Waals surface area contributed by atoms with Crippen molar-refractivity contribution in [3.63, 3.8) is 0 Å². The molecule has 0 aromatic carbocycles. The Morgan fingerprint density at radius 1 is 1.30 bits per heavy atom. The second-order valence-corrected chi connectivity index (χ2v) is 6.15. The van der Waals surface area contributed by atoms with Crippen LogP contribution in [0.2, 0.25) is 0 Å². The maximum Gasteiger partial charge on any atom is 0.128 e. The molecule has 3 nitrogen and oxygen atoms in total. The minimum absolute atomic E-state index is 0.367. The molecule has 3 heteroatoms. The van der Waals surface area contributed by atoms with Crippen LogP contribution in [0.4, 0.5) is 5.82 Å². The zero-order valence-electron chi connectivity index (χ0n) is 13.2. The molecule has 1 aliphatic carbocycles. The van der Waals surface area contributed by atoms with Gasteiger partial charge in [0.25, 0.3) is 0 Å². The van der Waals surface area contributed by atoms with Crippen LogP contribution in [-0.2, 0) is 0 Å². The summed E-state index contributed by atoms with van der Waals surface area (Å²) in [6.45, 7) is 7.62. The van der Waals surface area contributed by atoms with Crippen LogP contribution in [0.1, 0.15) is 63.1 Å². The first-order chi connectivity index (χ1) is 9.67. The van der Waals surface area contributed by atoms with Crippen molar-refractivity contribution < 1.29 is 0 Å². The van der Waals surface area contributed by atoms with E-state index in [1.165, 1.54) is 43.2 Å². The summed E-state index contributed by atoms with van der Waals surface area (Å²) in [5.74, 6) is 2.33. The highest BCUT2D eigenvalue weighted by molar-refractivity contribution is 5.46. The van der Waals surface area contributed by atoms with Gasteiger partial charge in [-0.3, -0.25) is 0 Å². The van der Waals surface area contributed by atoms with E-state index in [2.05, 4.69) is 37.1 Å². The van der Waals surface area contributed by atoms with Crippen molar-refractivity contribution in [3.8, 4) is 0 Å². The Kier molecular flexibility index (Phi) is 5.41. The number of anilines is 1. The molecule has 1 atom stereocenters. The number of nitrogens with one attached hydrogen (secondary N) is 1. The van der Waals surface area contributed by atoms with E-state index in [1.807, 2.05) is 6.20 Å². The van der Waals surface area contributed by atoms with Crippen molar-refractivity contribution in [1.82, 2.24) is 10.3 Å². The number of aryl methyl sites for hydroxylation is 1. The van der Waals surface area contributed by atoms with Crippen LogP contribution in [-0.4, -0.2) is 11.5 Å². The number of rotatable bonds is 5. The lowest BCUT2D eigenvalue weighted by atomic mass is 9.75. The van der Waals surface area contributed by atoms with Crippen LogP contribution >= 0.6 is 0 Å². The van der Waals surface area contributed by atoms with E-state index in [-0.39, 0.29) is 0 Å². The minimum atomic E-state index is 0.367. The first-order valence-corrected chi connectivity index (χ1v) is 8.11. The van der Waals surface area contributed by atoms with Gasteiger partial charge in [-0.15, -0.1) is 0 Å². The van der Waals surface area contributed by atoms with Crippen LogP contribution < -0.4 is 11.1 Å². The number of hydrogen-bond acceptors (Lipinski definition) is 3. The average Bonchev–Trinajstić information content (AvgIpc) is 2.46. The highest BCUT2D eigenvalue weighted by Crippen LogP contribution is 2.39. The lowest BCUT2D eigenvalue weighted by Crippen LogP contribution is -2.32. The number of pyridine rings is 1. The minimum Gasteiger partial charge on any atom is -0.383 e. The van der Waals surface area contributed by atoms with Crippen molar-refractivity contribution in [2.45, 2.75) is 58.9 Å². The van der Waals surface area contributed by atoms with Gasteiger partial charge in [0, 0.05) is 17.8 Å². The summed E-state index contributed by atoms with van der Waals surface area (Å²) in [6, 6.07) is 2.44. The van der Waals surface area contributed by atoms with Gasteiger partial charge in [-0.25, -0.2) is 4.98 Å². The predicted molar refractivity (Wildman–Crippen MR) is 85.5 cm³/mol. The van der Waals surface area contributed by atoms with Gasteiger partial charge >= 0.3 is 0 Å². The third-order valence-electron chi connectivity index (χ3n) is 4.91. The monoisotopic (exact) mass is 275 g/mol. The molecule has 1 fully saturated rings. The van der Waals surface area contributed by atoms with Crippen LogP contribution in [0.3, 0.4) is 0 Å². The maximum atomic E-state index is 6.16. The topological polar surface area (TPSA) is 50.9 Å². The SMILES string of the molecule is CCNC(c1c(C)ccnc1N)C1CCC(CC)CC1. The lowest BCUT2D eigenvalue weighted by Gasteiger charge is -2.35. The van der Waals surface area contributed by atoms with Crippen molar-refractivity contribution in [2.75, 3.05) is 12.3 Å². The normalized spacial score (nSPS) is 24.6. The highest BCUT2D eigenvalue weighted by Gasteiger charge is 2.29. The quantitative estimate of drug-likeness (QED) is 0.858. The first kappa shape index (κ1) is 15.3. The van der Waals surface area contributed by atoms with E-state index in [1.54, 1.807) is 0 Å². The van der Waals surface area contributed by atoms with E-state index in [0.717, 1.165) is 12.5 Å². The van der Waals surface area contributed by atoms with E-state index >= 15 is 0 Å². The Labute approximate surface area is 123 Å². The Morgan fingerprint density at radius 2 is 2.00 bits per heavy atom. The van der Waals surface area contributed by atoms with Crippen LogP contribution in [0, 0.1) is 18.8 Å². The van der Waals surface area contributed by atoms with Gasteiger partial charge in [-0.05, 0) is 49.8 Å². The second-order valence-electron chi connectivity index (χ2n) is 6.15. The summed E-state index contributed by atoms with van der Waals surface area (Å²) in [4.78, 5) is 4.31. The van der Waals surface area contributed by atoms with Crippen molar-refractivity contribution in [2.24, 2.45) is 11.8 Å². The molecule has 0 saturated heterocycles. The van der Waals surface area contributed by atoms with Gasteiger partial charge in [-0.1, -0.05) is 33.1 Å². The smallest absolute Gasteiger partial charge is 0.128 e. The van der Waals surface area contributed by atoms with Gasteiger partial charge in [-0.2, -0.15) is 0 Å². The molecule has 20 heavy (non-hydrogen) atoms. The van der Waals surface area contributed by atoms with Gasteiger partial charge in [0.15, 0.2) is 0 Å². The molecule has 1 unspecified atom stereocenters. The molecule has 0 spiro atoms. The zero-order chi connectivity index (χ0) is 14.5. The standard InChI is InChI=1S/C17H29N3/c1-4-13-6-8-14(9-7-13)16(19-5-2)15-12(3)10-11-20-17(15)18/h10-11,13-14,16,19H,4-9H2,1-3H3,(H2,18,20). The zero-order valence-corrected chi connectivity index (χ0v) is 13.2. The van der Waals surface area contributed by atoms with Crippen molar-refractivity contribution in [3.05, 3.63) is 23.4 Å². The molecule has 1 heterocycles. The number of hydrogen-bond donors (Lipinski definition) is 2. The van der Waals surface area contributed by atoms with Crippen LogP contribution in [0.5, 0.6) is 0 Å². The summed E-state index contributed by atoms with van der Waals surface area (Å²) in [5, 5.41) is 3.66. The molecule has 0 aliphatic heterocycles. The molecular weight excluding hydrogens is 246 g/mol. The molecule has 0 radical (unpaired) electrons. The van der Waals surface area contributed by atoms with E-state index in [4.69, 9.17) is 5.73 Å². The third-order valence-corrected chi connectivity index (χ3v) is 4.91. The van der Waals surface area contributed by atoms with Crippen molar-refractivity contribution >= 4 is 5.82 Å². The fourth-order valence-corrected chi connectivity index (χ4v) is 3.65. The van der Waals surface area contributed by atoms with Gasteiger partial charge in [0.2, 0.25) is 0 Å². The fraction of sp³-hybridized carbons (Fsp3) is 0.706. The van der Waals surface area contributed by atoms with E-state index in [0.29, 0.717) is 17.8 Å². The Morgan fingerprint density at radius 3 is 2.55 bits per heavy atom. The molecule has 0 bridgehead atoms. The number of nitrogens with zero attached hydrogens (tertiary/aromatic N) is 1. The molecule has 112 valence electrons. The van der Waals surface area contributed by atoms with Crippen molar-refractivity contribution in [1.29, 1.82) is 0 Å². The average molecular weight is 275 g/mol. The number of nitrogens with two attached hydrogens (primary N) is 1. The third kappa shape index (κ3) is 3.32. The highest BCUT2D eigenvalue weighted by atomic mass is 14.9. The Hall–Kier alpha value is -1.09. The van der Waals surface area contributed by atoms with Gasteiger partial charge in [0.05, 0.1) is 0 Å². The number of aromatic nitrogens is 1. The molecule has 1 saturated carbocycles. The number of nitrogen functional groups attached to an aromatic ring is 1. The molecule has 3 N–H and O–H groups in total. The fourth-order valence-electron chi connectivity index (χ4n) is 3.65. The largest absolute Gasteiger partial charge is 0.383 e. The summed E-state index contributed by atoms with van der Waals surface area (Å²) < 4.78 is 0. The van der Waals surface area contributed by atoms with E-state index in [9.17, 15) is 0 Å². The van der Waals surface area contributed by atoms with Gasteiger partial charge < -0.3 is 11.1 Å².